The lowest BCUT2D eigenvalue weighted by molar-refractivity contribution is 0.601. The van der Waals surface area contributed by atoms with Crippen molar-refractivity contribution in [3.05, 3.63) is 28.8 Å². The van der Waals surface area contributed by atoms with E-state index >= 15 is 0 Å². The fourth-order valence-corrected chi connectivity index (χ4v) is 2.81. The zero-order valence-corrected chi connectivity index (χ0v) is 12.9. The van der Waals surface area contributed by atoms with Crippen molar-refractivity contribution >= 4 is 43.1 Å². The third-order valence-corrected chi connectivity index (χ3v) is 4.30. The zero-order valence-electron chi connectivity index (χ0n) is 9.78. The molecule has 0 aliphatic rings. The second kappa shape index (κ2) is 6.07. The number of halogens is 2. The number of hydrogen-bond donors (Lipinski definition) is 0. The fraction of sp³-hybridized carbons (Fsp3) is 0.455. The van der Waals surface area contributed by atoms with E-state index in [9.17, 15) is 8.42 Å². The van der Waals surface area contributed by atoms with Gasteiger partial charge in [0.15, 0.2) is 0 Å². The van der Waals surface area contributed by atoms with E-state index in [2.05, 4.69) is 15.9 Å². The minimum Gasteiger partial charge on any atom is -0.374 e. The number of sulfone groups is 1. The maximum atomic E-state index is 11.1. The largest absolute Gasteiger partial charge is 0.374 e. The molecule has 1 aromatic rings. The minimum atomic E-state index is -2.93. The highest BCUT2D eigenvalue weighted by Crippen LogP contribution is 2.24. The smallest absolute Gasteiger partial charge is 0.149 e. The number of anilines is 1. The molecule has 0 aliphatic heterocycles. The van der Waals surface area contributed by atoms with Crippen molar-refractivity contribution < 1.29 is 8.42 Å². The minimum absolute atomic E-state index is 0.140. The van der Waals surface area contributed by atoms with Gasteiger partial charge in [-0.15, -0.1) is 0 Å². The van der Waals surface area contributed by atoms with Crippen LogP contribution in [-0.4, -0.2) is 34.0 Å². The third-order valence-electron chi connectivity index (χ3n) is 2.42. The van der Waals surface area contributed by atoms with Crippen LogP contribution in [0.3, 0.4) is 0 Å². The summed E-state index contributed by atoms with van der Waals surface area (Å²) in [6.07, 6.45) is 1.24. The summed E-state index contributed by atoms with van der Waals surface area (Å²) in [7, 11) is -1.08. The predicted octanol–water partition coefficient (Wildman–Crippen LogP) is 2.72. The van der Waals surface area contributed by atoms with Gasteiger partial charge < -0.3 is 4.90 Å². The number of rotatable bonds is 5. The summed E-state index contributed by atoms with van der Waals surface area (Å²) in [5.41, 5.74) is 1.94. The molecule has 0 atom stereocenters. The first-order valence-electron chi connectivity index (χ1n) is 5.07. The van der Waals surface area contributed by atoms with Gasteiger partial charge in [-0.3, -0.25) is 0 Å². The second-order valence-electron chi connectivity index (χ2n) is 3.96. The molecular weight excluding hydrogens is 326 g/mol. The number of alkyl halides is 1. The van der Waals surface area contributed by atoms with Crippen molar-refractivity contribution in [1.29, 1.82) is 0 Å². The standard InChI is InChI=1S/C11H15BrClNO2S/c1-14(5-6-17(2,15)16)10-4-3-9(8-12)11(13)7-10/h3-4,7H,5-6,8H2,1-2H3. The quantitative estimate of drug-likeness (QED) is 0.774. The lowest BCUT2D eigenvalue weighted by Crippen LogP contribution is -2.24. The molecule has 0 N–H and O–H groups in total. The lowest BCUT2D eigenvalue weighted by atomic mass is 10.2. The molecule has 0 amide bonds. The maximum Gasteiger partial charge on any atom is 0.149 e. The van der Waals surface area contributed by atoms with Gasteiger partial charge in [0, 0.05) is 35.9 Å². The molecule has 0 spiro atoms. The molecule has 1 aromatic carbocycles. The number of benzene rings is 1. The molecule has 1 rings (SSSR count). The average Bonchev–Trinajstić information content (AvgIpc) is 2.24. The maximum absolute atomic E-state index is 11.1. The van der Waals surface area contributed by atoms with E-state index < -0.39 is 9.84 Å². The molecule has 3 nitrogen and oxygen atoms in total. The Kier molecular flexibility index (Phi) is 5.28. The van der Waals surface area contributed by atoms with Crippen molar-refractivity contribution in [3.8, 4) is 0 Å². The topological polar surface area (TPSA) is 37.4 Å². The second-order valence-corrected chi connectivity index (χ2v) is 7.19. The van der Waals surface area contributed by atoms with Gasteiger partial charge in [-0.2, -0.15) is 0 Å². The van der Waals surface area contributed by atoms with Crippen LogP contribution in [0.4, 0.5) is 5.69 Å². The van der Waals surface area contributed by atoms with Crippen LogP contribution in [0.15, 0.2) is 18.2 Å². The van der Waals surface area contributed by atoms with Gasteiger partial charge in [0.1, 0.15) is 9.84 Å². The van der Waals surface area contributed by atoms with E-state index in [1.165, 1.54) is 6.26 Å². The molecule has 0 unspecified atom stereocenters. The molecule has 0 saturated heterocycles. The van der Waals surface area contributed by atoms with Crippen LogP contribution in [0, 0.1) is 0 Å². The molecule has 0 radical (unpaired) electrons. The van der Waals surface area contributed by atoms with E-state index in [0.29, 0.717) is 16.9 Å². The Balaban J connectivity index is 2.76. The van der Waals surface area contributed by atoms with Gasteiger partial charge in [-0.05, 0) is 17.7 Å². The fourth-order valence-electron chi connectivity index (χ4n) is 1.31. The van der Waals surface area contributed by atoms with E-state index in [1.807, 2.05) is 30.1 Å². The summed E-state index contributed by atoms with van der Waals surface area (Å²) in [4.78, 5) is 1.88. The van der Waals surface area contributed by atoms with Gasteiger partial charge in [0.2, 0.25) is 0 Å². The Morgan fingerprint density at radius 2 is 2.06 bits per heavy atom. The van der Waals surface area contributed by atoms with Gasteiger partial charge in [0.05, 0.1) is 5.75 Å². The molecule has 17 heavy (non-hydrogen) atoms. The Labute approximate surface area is 116 Å². The summed E-state index contributed by atoms with van der Waals surface area (Å²) in [6, 6.07) is 5.72. The first-order chi connectivity index (χ1) is 7.83. The predicted molar refractivity (Wildman–Crippen MR) is 77.1 cm³/mol. The van der Waals surface area contributed by atoms with E-state index in [4.69, 9.17) is 11.6 Å². The summed E-state index contributed by atoms with van der Waals surface area (Å²) < 4.78 is 22.2. The summed E-state index contributed by atoms with van der Waals surface area (Å²) in [5, 5.41) is 1.39. The van der Waals surface area contributed by atoms with Gasteiger partial charge in [-0.25, -0.2) is 8.42 Å². The molecule has 0 saturated carbocycles. The number of nitrogens with zero attached hydrogens (tertiary/aromatic N) is 1. The summed E-state index contributed by atoms with van der Waals surface area (Å²) in [6.45, 7) is 0.461. The highest BCUT2D eigenvalue weighted by molar-refractivity contribution is 9.08. The molecule has 96 valence electrons. The van der Waals surface area contributed by atoms with Crippen molar-refractivity contribution in [1.82, 2.24) is 0 Å². The Bertz CT molecular complexity index is 490. The molecule has 0 fully saturated rings. The van der Waals surface area contributed by atoms with Crippen LogP contribution in [0.1, 0.15) is 5.56 Å². The Morgan fingerprint density at radius 3 is 2.53 bits per heavy atom. The monoisotopic (exact) mass is 339 g/mol. The SMILES string of the molecule is CN(CCS(C)(=O)=O)c1ccc(CBr)c(Cl)c1. The third kappa shape index (κ3) is 4.85. The molecule has 6 heteroatoms. The first-order valence-corrected chi connectivity index (χ1v) is 8.63. The van der Waals surface area contributed by atoms with Crippen LogP contribution in [0.5, 0.6) is 0 Å². The zero-order chi connectivity index (χ0) is 13.1. The Morgan fingerprint density at radius 1 is 1.41 bits per heavy atom. The van der Waals surface area contributed by atoms with Gasteiger partial charge in [-0.1, -0.05) is 33.6 Å². The van der Waals surface area contributed by atoms with E-state index in [0.717, 1.165) is 11.3 Å². The van der Waals surface area contributed by atoms with Crippen molar-refractivity contribution in [2.24, 2.45) is 0 Å². The van der Waals surface area contributed by atoms with Crippen LogP contribution >= 0.6 is 27.5 Å². The molecular formula is C11H15BrClNO2S. The molecule has 0 aromatic heterocycles. The molecule has 0 heterocycles. The van der Waals surface area contributed by atoms with E-state index in [1.54, 1.807) is 0 Å². The van der Waals surface area contributed by atoms with Crippen LogP contribution in [0.2, 0.25) is 5.02 Å². The average molecular weight is 341 g/mol. The highest BCUT2D eigenvalue weighted by atomic mass is 79.9. The normalized spacial score (nSPS) is 11.5. The van der Waals surface area contributed by atoms with Crippen molar-refractivity contribution in [3.63, 3.8) is 0 Å². The van der Waals surface area contributed by atoms with Gasteiger partial charge >= 0.3 is 0 Å². The molecule has 0 bridgehead atoms. The van der Waals surface area contributed by atoms with Crippen LogP contribution < -0.4 is 4.90 Å². The first kappa shape index (κ1) is 14.8. The Hall–Kier alpha value is -0.260. The summed E-state index contributed by atoms with van der Waals surface area (Å²) >= 11 is 9.44. The van der Waals surface area contributed by atoms with Gasteiger partial charge in [0.25, 0.3) is 0 Å². The van der Waals surface area contributed by atoms with Crippen LogP contribution in [0.25, 0.3) is 0 Å². The van der Waals surface area contributed by atoms with E-state index in [-0.39, 0.29) is 5.75 Å². The molecule has 0 aliphatic carbocycles. The summed E-state index contributed by atoms with van der Waals surface area (Å²) in [5.74, 6) is 0.140. The van der Waals surface area contributed by atoms with Crippen molar-refractivity contribution in [2.45, 2.75) is 5.33 Å². The van der Waals surface area contributed by atoms with Crippen LogP contribution in [-0.2, 0) is 15.2 Å². The van der Waals surface area contributed by atoms with Crippen molar-refractivity contribution in [2.75, 3.05) is 30.5 Å². The lowest BCUT2D eigenvalue weighted by Gasteiger charge is -2.19. The number of hydrogen-bond acceptors (Lipinski definition) is 3. The highest BCUT2D eigenvalue weighted by Gasteiger charge is 2.08.